The van der Waals surface area contributed by atoms with E-state index in [2.05, 4.69) is 4.99 Å². The fourth-order valence-corrected chi connectivity index (χ4v) is 2.52. The van der Waals surface area contributed by atoms with Crippen LogP contribution in [0.5, 0.6) is 0 Å². The van der Waals surface area contributed by atoms with Crippen LogP contribution in [0.25, 0.3) is 0 Å². The van der Waals surface area contributed by atoms with Crippen LogP contribution in [-0.2, 0) is 11.2 Å². The number of guanidine groups is 1. The molecule has 0 spiro atoms. The van der Waals surface area contributed by atoms with Gasteiger partial charge in [0.1, 0.15) is 0 Å². The van der Waals surface area contributed by atoms with Crippen LogP contribution in [0.4, 0.5) is 0 Å². The molecule has 1 fully saturated rings. The third-order valence-electron chi connectivity index (χ3n) is 2.93. The highest BCUT2D eigenvalue weighted by Crippen LogP contribution is 2.19. The molecule has 0 aliphatic carbocycles. The average Bonchev–Trinajstić information content (AvgIpc) is 2.38. The Morgan fingerprint density at radius 2 is 1.80 bits per heavy atom. The summed E-state index contributed by atoms with van der Waals surface area (Å²) in [4.78, 5) is 6.42. The van der Waals surface area contributed by atoms with Crippen molar-refractivity contribution in [1.82, 2.24) is 4.90 Å². The molecule has 20 heavy (non-hydrogen) atoms. The monoisotopic (exact) mass is 429 g/mol. The lowest BCUT2D eigenvalue weighted by molar-refractivity contribution is 0.0674. The van der Waals surface area contributed by atoms with Gasteiger partial charge in [0.05, 0.1) is 13.2 Å². The van der Waals surface area contributed by atoms with Crippen molar-refractivity contribution < 1.29 is 4.74 Å². The first kappa shape index (κ1) is 17.8. The van der Waals surface area contributed by atoms with Gasteiger partial charge in [0.15, 0.2) is 5.96 Å². The van der Waals surface area contributed by atoms with E-state index in [9.17, 15) is 0 Å². The summed E-state index contributed by atoms with van der Waals surface area (Å²) >= 11 is 11.9. The van der Waals surface area contributed by atoms with Gasteiger partial charge in [-0.05, 0) is 30.2 Å². The molecule has 7 heteroatoms. The fourth-order valence-electron chi connectivity index (χ4n) is 1.95. The maximum Gasteiger partial charge on any atom is 0.191 e. The molecule has 4 nitrogen and oxygen atoms in total. The van der Waals surface area contributed by atoms with E-state index in [-0.39, 0.29) is 24.0 Å². The lowest BCUT2D eigenvalue weighted by atomic mass is 10.1. The van der Waals surface area contributed by atoms with Gasteiger partial charge in [-0.15, -0.1) is 24.0 Å². The molecule has 0 unspecified atom stereocenters. The predicted molar refractivity (Wildman–Crippen MR) is 94.5 cm³/mol. The molecule has 1 aromatic carbocycles. The van der Waals surface area contributed by atoms with E-state index in [1.54, 1.807) is 6.07 Å². The quantitative estimate of drug-likeness (QED) is 0.456. The second kappa shape index (κ2) is 8.92. The van der Waals surface area contributed by atoms with E-state index in [0.29, 0.717) is 35.8 Å². The first-order chi connectivity index (χ1) is 9.15. The Balaban J connectivity index is 0.00000200. The van der Waals surface area contributed by atoms with E-state index in [1.165, 1.54) is 0 Å². The Labute approximate surface area is 146 Å². The molecule has 1 aromatic rings. The molecule has 0 bridgehead atoms. The zero-order valence-electron chi connectivity index (χ0n) is 11.0. The van der Waals surface area contributed by atoms with E-state index >= 15 is 0 Å². The van der Waals surface area contributed by atoms with Gasteiger partial charge in [-0.25, -0.2) is 0 Å². The topological polar surface area (TPSA) is 50.8 Å². The average molecular weight is 430 g/mol. The number of morpholine rings is 1. The Hall–Kier alpha value is -0.240. The summed E-state index contributed by atoms with van der Waals surface area (Å²) in [6.07, 6.45) is 0.769. The highest BCUT2D eigenvalue weighted by atomic mass is 127. The smallest absolute Gasteiger partial charge is 0.191 e. The number of hydrogen-bond acceptors (Lipinski definition) is 2. The summed E-state index contributed by atoms with van der Waals surface area (Å²) in [5.41, 5.74) is 7.01. The maximum atomic E-state index is 5.95. The zero-order valence-corrected chi connectivity index (χ0v) is 14.9. The van der Waals surface area contributed by atoms with Gasteiger partial charge >= 0.3 is 0 Å². The van der Waals surface area contributed by atoms with Crippen molar-refractivity contribution in [1.29, 1.82) is 0 Å². The van der Waals surface area contributed by atoms with Gasteiger partial charge in [-0.3, -0.25) is 4.99 Å². The molecule has 0 atom stereocenters. The van der Waals surface area contributed by atoms with Crippen LogP contribution in [0.15, 0.2) is 23.2 Å². The Morgan fingerprint density at radius 1 is 1.20 bits per heavy atom. The van der Waals surface area contributed by atoms with Crippen LogP contribution in [0.3, 0.4) is 0 Å². The van der Waals surface area contributed by atoms with Crippen molar-refractivity contribution >= 4 is 53.1 Å². The van der Waals surface area contributed by atoms with Gasteiger partial charge in [-0.2, -0.15) is 0 Å². The van der Waals surface area contributed by atoms with Crippen LogP contribution in [0.2, 0.25) is 10.0 Å². The predicted octanol–water partition coefficient (Wildman–Crippen LogP) is 2.80. The second-order valence-electron chi connectivity index (χ2n) is 4.37. The number of nitrogens with zero attached hydrogens (tertiary/aromatic N) is 2. The fraction of sp³-hybridized carbons (Fsp3) is 0.462. The Kier molecular flexibility index (Phi) is 7.94. The molecular weight excluding hydrogens is 412 g/mol. The summed E-state index contributed by atoms with van der Waals surface area (Å²) in [5, 5.41) is 1.29. The number of rotatable bonds is 3. The van der Waals surface area contributed by atoms with Crippen LogP contribution in [-0.4, -0.2) is 43.7 Å². The van der Waals surface area contributed by atoms with Crippen LogP contribution in [0.1, 0.15) is 5.56 Å². The van der Waals surface area contributed by atoms with Gasteiger partial charge in [-0.1, -0.05) is 23.2 Å². The Bertz CT molecular complexity index is 445. The number of nitrogens with two attached hydrogens (primary N) is 1. The summed E-state index contributed by atoms with van der Waals surface area (Å²) in [7, 11) is 0. The maximum absolute atomic E-state index is 5.95. The number of benzene rings is 1. The van der Waals surface area contributed by atoms with Gasteiger partial charge < -0.3 is 15.4 Å². The highest BCUT2D eigenvalue weighted by molar-refractivity contribution is 14.0. The van der Waals surface area contributed by atoms with Crippen molar-refractivity contribution in [3.63, 3.8) is 0 Å². The number of ether oxygens (including phenoxy) is 1. The second-order valence-corrected chi connectivity index (χ2v) is 5.24. The van der Waals surface area contributed by atoms with Crippen LogP contribution in [0, 0.1) is 0 Å². The minimum atomic E-state index is 0. The number of aliphatic imine (C=N–C) groups is 1. The number of halogens is 3. The van der Waals surface area contributed by atoms with Gasteiger partial charge in [0.2, 0.25) is 0 Å². The lowest BCUT2D eigenvalue weighted by Crippen LogP contribution is -2.44. The van der Waals surface area contributed by atoms with Gasteiger partial charge in [0, 0.05) is 29.7 Å². The molecule has 2 rings (SSSR count). The van der Waals surface area contributed by atoms with Gasteiger partial charge in [0.25, 0.3) is 0 Å². The SMILES string of the molecule is I.NC(=NCCc1cc(Cl)cc(Cl)c1)N1CCOCC1. The largest absolute Gasteiger partial charge is 0.378 e. The molecule has 1 aliphatic rings. The summed E-state index contributed by atoms with van der Waals surface area (Å²) in [6.45, 7) is 3.65. The van der Waals surface area contributed by atoms with Crippen molar-refractivity contribution in [2.75, 3.05) is 32.8 Å². The molecule has 1 heterocycles. The van der Waals surface area contributed by atoms with Crippen molar-refractivity contribution in [3.05, 3.63) is 33.8 Å². The lowest BCUT2D eigenvalue weighted by Gasteiger charge is -2.27. The van der Waals surface area contributed by atoms with E-state index in [4.69, 9.17) is 33.7 Å². The summed E-state index contributed by atoms with van der Waals surface area (Å²) in [6, 6.07) is 5.51. The van der Waals surface area contributed by atoms with Crippen LogP contribution < -0.4 is 5.73 Å². The van der Waals surface area contributed by atoms with E-state index in [1.807, 2.05) is 17.0 Å². The summed E-state index contributed by atoms with van der Waals surface area (Å²) < 4.78 is 5.27. The minimum Gasteiger partial charge on any atom is -0.378 e. The van der Waals surface area contributed by atoms with Crippen LogP contribution >= 0.6 is 47.2 Å². The summed E-state index contributed by atoms with van der Waals surface area (Å²) in [5.74, 6) is 0.580. The third kappa shape index (κ3) is 5.63. The molecule has 2 N–H and O–H groups in total. The molecule has 112 valence electrons. The molecule has 1 aliphatic heterocycles. The molecule has 0 amide bonds. The first-order valence-electron chi connectivity index (χ1n) is 6.23. The minimum absolute atomic E-state index is 0. The highest BCUT2D eigenvalue weighted by Gasteiger charge is 2.11. The molecule has 0 aromatic heterocycles. The first-order valence-corrected chi connectivity index (χ1v) is 6.98. The Morgan fingerprint density at radius 3 is 2.40 bits per heavy atom. The standard InChI is InChI=1S/C13H17Cl2N3O.HI/c14-11-7-10(8-12(15)9-11)1-2-17-13(16)18-3-5-19-6-4-18;/h7-9H,1-6H2,(H2,16,17);1H. The van der Waals surface area contributed by atoms with E-state index in [0.717, 1.165) is 25.1 Å². The van der Waals surface area contributed by atoms with Crippen molar-refractivity contribution in [2.24, 2.45) is 10.7 Å². The zero-order chi connectivity index (χ0) is 13.7. The van der Waals surface area contributed by atoms with Crippen molar-refractivity contribution in [3.8, 4) is 0 Å². The molecule has 0 saturated carbocycles. The normalized spacial score (nSPS) is 15.9. The van der Waals surface area contributed by atoms with Crippen molar-refractivity contribution in [2.45, 2.75) is 6.42 Å². The number of hydrogen-bond donors (Lipinski definition) is 1. The molecule has 0 radical (unpaired) electrons. The molecular formula is C13H18Cl2IN3O. The third-order valence-corrected chi connectivity index (χ3v) is 3.37. The molecule has 1 saturated heterocycles. The van der Waals surface area contributed by atoms with E-state index < -0.39 is 0 Å².